The number of esters is 1. The van der Waals surface area contributed by atoms with Crippen molar-refractivity contribution in [1.82, 2.24) is 19.7 Å². The minimum absolute atomic E-state index is 0.0496. The molecule has 2 aromatic rings. The van der Waals surface area contributed by atoms with Crippen molar-refractivity contribution in [1.29, 1.82) is 0 Å². The van der Waals surface area contributed by atoms with E-state index in [9.17, 15) is 4.79 Å². The van der Waals surface area contributed by atoms with E-state index in [1.54, 1.807) is 10.9 Å². The minimum atomic E-state index is -0.348. The fraction of sp³-hybridized carbons (Fsp3) is 0.625. The first-order chi connectivity index (χ1) is 11.1. The Morgan fingerprint density at radius 2 is 2.13 bits per heavy atom. The number of carbonyl (C=O) groups is 1. The van der Waals surface area contributed by atoms with E-state index in [4.69, 9.17) is 4.74 Å². The summed E-state index contributed by atoms with van der Waals surface area (Å²) < 4.78 is 6.25. The van der Waals surface area contributed by atoms with Crippen molar-refractivity contribution in [3.63, 3.8) is 0 Å². The van der Waals surface area contributed by atoms with Gasteiger partial charge in [-0.1, -0.05) is 19.8 Å². The van der Waals surface area contributed by atoms with Crippen LogP contribution in [-0.4, -0.2) is 45.4 Å². The van der Waals surface area contributed by atoms with Crippen molar-refractivity contribution in [2.24, 2.45) is 0 Å². The second-order valence-corrected chi connectivity index (χ2v) is 5.81. The maximum Gasteiger partial charge on any atom is 0.327 e. The van der Waals surface area contributed by atoms with E-state index in [1.807, 2.05) is 0 Å². The zero-order chi connectivity index (χ0) is 16.8. The van der Waals surface area contributed by atoms with Gasteiger partial charge in [0.25, 0.3) is 0 Å². The molecule has 0 unspecified atom stereocenters. The van der Waals surface area contributed by atoms with Crippen LogP contribution in [0.5, 0.6) is 0 Å². The summed E-state index contributed by atoms with van der Waals surface area (Å²) in [4.78, 5) is 22.5. The highest BCUT2D eigenvalue weighted by atomic mass is 16.5. The molecule has 2 aromatic heterocycles. The fourth-order valence-corrected chi connectivity index (χ4v) is 2.55. The van der Waals surface area contributed by atoms with Gasteiger partial charge in [-0.25, -0.2) is 14.6 Å². The molecule has 0 aliphatic rings. The average Bonchev–Trinajstić information content (AvgIpc) is 2.94. The average molecular weight is 319 g/mol. The minimum Gasteiger partial charge on any atom is -0.468 e. The Kier molecular flexibility index (Phi) is 5.90. The summed E-state index contributed by atoms with van der Waals surface area (Å²) in [7, 11) is 1.36. The number of hydrogen-bond acceptors (Lipinski definition) is 6. The Balaban J connectivity index is 2.34. The SMILES string of the molecule is CCCCCN(c1ncnc2c1cnn2CC(=O)OC)C(C)C. The molecule has 0 aromatic carbocycles. The molecule has 0 aliphatic carbocycles. The molecule has 0 saturated carbocycles. The van der Waals surface area contributed by atoms with Crippen LogP contribution in [0.1, 0.15) is 40.0 Å². The molecule has 7 nitrogen and oxygen atoms in total. The predicted octanol–water partition coefficient (Wildman–Crippen LogP) is 2.40. The van der Waals surface area contributed by atoms with Gasteiger partial charge >= 0.3 is 5.97 Å². The van der Waals surface area contributed by atoms with Crippen molar-refractivity contribution >= 4 is 22.8 Å². The number of fused-ring (bicyclic) bond motifs is 1. The lowest BCUT2D eigenvalue weighted by Gasteiger charge is -2.28. The summed E-state index contributed by atoms with van der Waals surface area (Å²) in [6.45, 7) is 7.49. The molecule has 126 valence electrons. The molecule has 23 heavy (non-hydrogen) atoms. The van der Waals surface area contributed by atoms with Crippen molar-refractivity contribution in [3.05, 3.63) is 12.5 Å². The monoisotopic (exact) mass is 319 g/mol. The molecular weight excluding hydrogens is 294 g/mol. The first-order valence-corrected chi connectivity index (χ1v) is 8.08. The van der Waals surface area contributed by atoms with E-state index >= 15 is 0 Å². The van der Waals surface area contributed by atoms with Crippen LogP contribution < -0.4 is 4.90 Å². The van der Waals surface area contributed by atoms with E-state index in [0.29, 0.717) is 11.7 Å². The topological polar surface area (TPSA) is 73.1 Å². The smallest absolute Gasteiger partial charge is 0.327 e. The normalized spacial score (nSPS) is 11.2. The van der Waals surface area contributed by atoms with Crippen molar-refractivity contribution in [3.8, 4) is 0 Å². The Bertz CT molecular complexity index is 653. The van der Waals surface area contributed by atoms with E-state index in [2.05, 4.69) is 40.7 Å². The first-order valence-electron chi connectivity index (χ1n) is 8.08. The van der Waals surface area contributed by atoms with Gasteiger partial charge in [0, 0.05) is 12.6 Å². The summed E-state index contributed by atoms with van der Waals surface area (Å²) in [6, 6.07) is 0.328. The Morgan fingerprint density at radius 3 is 2.78 bits per heavy atom. The molecule has 0 spiro atoms. The van der Waals surface area contributed by atoms with E-state index < -0.39 is 0 Å². The van der Waals surface area contributed by atoms with Crippen molar-refractivity contribution in [2.75, 3.05) is 18.6 Å². The molecule has 7 heteroatoms. The Morgan fingerprint density at radius 1 is 1.35 bits per heavy atom. The van der Waals surface area contributed by atoms with E-state index in [1.165, 1.54) is 26.3 Å². The van der Waals surface area contributed by atoms with Gasteiger partial charge in [0.1, 0.15) is 18.7 Å². The largest absolute Gasteiger partial charge is 0.468 e. The molecule has 0 aliphatic heterocycles. The molecule has 0 fully saturated rings. The zero-order valence-electron chi connectivity index (χ0n) is 14.3. The second-order valence-electron chi connectivity index (χ2n) is 5.81. The van der Waals surface area contributed by atoms with Gasteiger partial charge in [0.2, 0.25) is 0 Å². The van der Waals surface area contributed by atoms with E-state index in [-0.39, 0.29) is 12.5 Å². The predicted molar refractivity (Wildman–Crippen MR) is 89.3 cm³/mol. The summed E-state index contributed by atoms with van der Waals surface area (Å²) in [5.74, 6) is 0.524. The fourth-order valence-electron chi connectivity index (χ4n) is 2.55. The quantitative estimate of drug-likeness (QED) is 0.549. The van der Waals surface area contributed by atoms with Crippen LogP contribution in [0.2, 0.25) is 0 Å². The Hall–Kier alpha value is -2.18. The molecular formula is C16H25N5O2. The summed E-state index contributed by atoms with van der Waals surface area (Å²) >= 11 is 0. The van der Waals surface area contributed by atoms with Crippen LogP contribution in [0.3, 0.4) is 0 Å². The number of hydrogen-bond donors (Lipinski definition) is 0. The third-order valence-electron chi connectivity index (χ3n) is 3.82. The van der Waals surface area contributed by atoms with Gasteiger partial charge < -0.3 is 9.64 Å². The number of unbranched alkanes of at least 4 members (excludes halogenated alkanes) is 2. The van der Waals surface area contributed by atoms with Crippen LogP contribution in [0.4, 0.5) is 5.82 Å². The van der Waals surface area contributed by atoms with Crippen molar-refractivity contribution < 1.29 is 9.53 Å². The highest BCUT2D eigenvalue weighted by Gasteiger charge is 2.18. The van der Waals surface area contributed by atoms with Crippen LogP contribution in [0.15, 0.2) is 12.5 Å². The summed E-state index contributed by atoms with van der Waals surface area (Å²) in [6.07, 6.45) is 6.75. The van der Waals surface area contributed by atoms with Crippen molar-refractivity contribution in [2.45, 2.75) is 52.6 Å². The van der Waals surface area contributed by atoms with Gasteiger partial charge in [-0.2, -0.15) is 5.10 Å². The summed E-state index contributed by atoms with van der Waals surface area (Å²) in [5.41, 5.74) is 0.654. The summed E-state index contributed by atoms with van der Waals surface area (Å²) in [5, 5.41) is 5.13. The lowest BCUT2D eigenvalue weighted by atomic mass is 10.2. The number of aromatic nitrogens is 4. The number of carbonyl (C=O) groups excluding carboxylic acids is 1. The van der Waals surface area contributed by atoms with Crippen LogP contribution in [-0.2, 0) is 16.1 Å². The molecule has 2 rings (SSSR count). The Labute approximate surface area is 136 Å². The molecule has 0 N–H and O–H groups in total. The third kappa shape index (κ3) is 3.97. The third-order valence-corrected chi connectivity index (χ3v) is 3.82. The molecule has 0 radical (unpaired) electrons. The number of nitrogens with zero attached hydrogens (tertiary/aromatic N) is 5. The van der Waals surface area contributed by atoms with E-state index in [0.717, 1.165) is 24.2 Å². The number of rotatable bonds is 8. The van der Waals surface area contributed by atoms with Crippen LogP contribution in [0, 0.1) is 0 Å². The number of ether oxygens (including phenoxy) is 1. The zero-order valence-corrected chi connectivity index (χ0v) is 14.3. The first kappa shape index (κ1) is 17.2. The molecule has 0 atom stereocenters. The van der Waals surface area contributed by atoms with Gasteiger partial charge in [-0.05, 0) is 20.3 Å². The highest BCUT2D eigenvalue weighted by Crippen LogP contribution is 2.24. The molecule has 0 saturated heterocycles. The van der Waals surface area contributed by atoms with Gasteiger partial charge in [-0.3, -0.25) is 4.79 Å². The lowest BCUT2D eigenvalue weighted by molar-refractivity contribution is -0.141. The lowest BCUT2D eigenvalue weighted by Crippen LogP contribution is -2.32. The van der Waals surface area contributed by atoms with Gasteiger partial charge in [0.05, 0.1) is 18.7 Å². The number of methoxy groups -OCH3 is 1. The van der Waals surface area contributed by atoms with Crippen LogP contribution in [0.25, 0.3) is 11.0 Å². The number of anilines is 1. The highest BCUT2D eigenvalue weighted by molar-refractivity contribution is 5.87. The standard InChI is InChI=1S/C16H25N5O2/c1-5-6-7-8-20(12(2)3)15-13-9-19-21(10-14(22)23-4)16(13)18-11-17-15/h9,11-12H,5-8,10H2,1-4H3. The van der Waals surface area contributed by atoms with Gasteiger partial charge in [0.15, 0.2) is 5.65 Å². The van der Waals surface area contributed by atoms with Crippen LogP contribution >= 0.6 is 0 Å². The molecule has 0 amide bonds. The maximum atomic E-state index is 11.5. The second kappa shape index (κ2) is 7.89. The maximum absolute atomic E-state index is 11.5. The van der Waals surface area contributed by atoms with Gasteiger partial charge in [-0.15, -0.1) is 0 Å². The molecule has 0 bridgehead atoms. The molecule has 2 heterocycles.